The first kappa shape index (κ1) is 20.8. The zero-order valence-corrected chi connectivity index (χ0v) is 18.1. The predicted molar refractivity (Wildman–Crippen MR) is 123 cm³/mol. The molecule has 7 nitrogen and oxygen atoms in total. The number of nitrogens with zero attached hydrogens (tertiary/aromatic N) is 3. The zero-order chi connectivity index (χ0) is 21.8. The molecular formula is C24H27N5O2. The number of morpholine rings is 1. The van der Waals surface area contributed by atoms with Crippen molar-refractivity contribution < 1.29 is 9.53 Å². The van der Waals surface area contributed by atoms with Crippen molar-refractivity contribution in [3.05, 3.63) is 71.0 Å². The van der Waals surface area contributed by atoms with Crippen molar-refractivity contribution in [3.8, 4) is 0 Å². The standard InChI is InChI=1S/C24H27N5O2/c1-16-4-5-19(14-17(16)2)24(30)28-21-8-6-20(7-9-21)27-22-15-23(26-18(3)25-22)29-10-12-31-13-11-29/h4-9,14-15H,10-13H2,1-3H3,(H,28,30)(H,25,26,27). The van der Waals surface area contributed by atoms with Crippen LogP contribution in [0.3, 0.4) is 0 Å². The quantitative estimate of drug-likeness (QED) is 0.647. The smallest absolute Gasteiger partial charge is 0.255 e. The number of aryl methyl sites for hydroxylation is 3. The maximum absolute atomic E-state index is 12.5. The molecule has 0 atom stereocenters. The summed E-state index contributed by atoms with van der Waals surface area (Å²) in [6.45, 7) is 9.00. The lowest BCUT2D eigenvalue weighted by Crippen LogP contribution is -2.36. The van der Waals surface area contributed by atoms with Gasteiger partial charge in [0.05, 0.1) is 13.2 Å². The zero-order valence-electron chi connectivity index (χ0n) is 18.1. The minimum atomic E-state index is -0.120. The molecule has 1 saturated heterocycles. The Kier molecular flexibility index (Phi) is 6.13. The van der Waals surface area contributed by atoms with Crippen molar-refractivity contribution >= 4 is 28.9 Å². The molecule has 0 aliphatic carbocycles. The van der Waals surface area contributed by atoms with Crippen LogP contribution < -0.4 is 15.5 Å². The van der Waals surface area contributed by atoms with Gasteiger partial charge in [0.2, 0.25) is 0 Å². The summed E-state index contributed by atoms with van der Waals surface area (Å²) in [5.74, 6) is 2.23. The van der Waals surface area contributed by atoms with E-state index in [0.717, 1.165) is 41.7 Å². The SMILES string of the molecule is Cc1nc(Nc2ccc(NC(=O)c3ccc(C)c(C)c3)cc2)cc(N2CCOCC2)n1. The molecule has 0 bridgehead atoms. The Bertz CT molecular complexity index is 1080. The van der Waals surface area contributed by atoms with Gasteiger partial charge < -0.3 is 20.3 Å². The minimum absolute atomic E-state index is 0.120. The maximum Gasteiger partial charge on any atom is 0.255 e. The van der Waals surface area contributed by atoms with Crippen molar-refractivity contribution in [2.45, 2.75) is 20.8 Å². The van der Waals surface area contributed by atoms with Gasteiger partial charge in [0.15, 0.2) is 0 Å². The van der Waals surface area contributed by atoms with Crippen LogP contribution in [-0.2, 0) is 4.74 Å². The fourth-order valence-corrected chi connectivity index (χ4v) is 3.44. The Morgan fingerprint density at radius 1 is 0.903 bits per heavy atom. The number of hydrogen-bond donors (Lipinski definition) is 2. The molecule has 1 fully saturated rings. The fourth-order valence-electron chi connectivity index (χ4n) is 3.44. The van der Waals surface area contributed by atoms with Crippen LogP contribution in [0.15, 0.2) is 48.5 Å². The molecule has 0 radical (unpaired) electrons. The highest BCUT2D eigenvalue weighted by Crippen LogP contribution is 2.22. The van der Waals surface area contributed by atoms with Gasteiger partial charge in [-0.1, -0.05) is 6.07 Å². The highest BCUT2D eigenvalue weighted by atomic mass is 16.5. The summed E-state index contributed by atoms with van der Waals surface area (Å²) in [5.41, 5.74) is 4.54. The normalized spacial score (nSPS) is 13.7. The molecule has 7 heteroatoms. The molecule has 1 aliphatic rings. The molecule has 1 aliphatic heterocycles. The molecule has 0 saturated carbocycles. The van der Waals surface area contributed by atoms with Crippen LogP contribution in [0.25, 0.3) is 0 Å². The van der Waals surface area contributed by atoms with Crippen LogP contribution in [0.2, 0.25) is 0 Å². The first-order chi connectivity index (χ1) is 15.0. The Morgan fingerprint density at radius 2 is 1.61 bits per heavy atom. The highest BCUT2D eigenvalue weighted by Gasteiger charge is 2.14. The Labute approximate surface area is 182 Å². The van der Waals surface area contributed by atoms with Crippen LogP contribution in [0.5, 0.6) is 0 Å². The molecule has 1 amide bonds. The van der Waals surface area contributed by atoms with Gasteiger partial charge in [-0.15, -0.1) is 0 Å². The molecule has 2 aromatic carbocycles. The first-order valence-electron chi connectivity index (χ1n) is 10.4. The molecule has 1 aromatic heterocycles. The van der Waals surface area contributed by atoms with Crippen molar-refractivity contribution in [2.24, 2.45) is 0 Å². The number of carbonyl (C=O) groups is 1. The van der Waals surface area contributed by atoms with Crippen molar-refractivity contribution in [3.63, 3.8) is 0 Å². The van der Waals surface area contributed by atoms with E-state index in [1.54, 1.807) is 0 Å². The maximum atomic E-state index is 12.5. The Balaban J connectivity index is 1.43. The number of rotatable bonds is 5. The van der Waals surface area contributed by atoms with Crippen LogP contribution >= 0.6 is 0 Å². The molecule has 2 heterocycles. The molecular weight excluding hydrogens is 390 g/mol. The molecule has 0 spiro atoms. The van der Waals surface area contributed by atoms with Gasteiger partial charge in [-0.3, -0.25) is 4.79 Å². The van der Waals surface area contributed by atoms with Gasteiger partial charge in [-0.2, -0.15) is 0 Å². The third kappa shape index (κ3) is 5.19. The number of carbonyl (C=O) groups excluding carboxylic acids is 1. The molecule has 4 rings (SSSR count). The second-order valence-corrected chi connectivity index (χ2v) is 7.71. The summed E-state index contributed by atoms with van der Waals surface area (Å²) in [7, 11) is 0. The van der Waals surface area contributed by atoms with Gasteiger partial charge in [-0.25, -0.2) is 9.97 Å². The fraction of sp³-hybridized carbons (Fsp3) is 0.292. The summed E-state index contributed by atoms with van der Waals surface area (Å²) in [6, 6.07) is 15.3. The number of nitrogens with one attached hydrogen (secondary N) is 2. The van der Waals surface area contributed by atoms with Crippen molar-refractivity contribution in [1.82, 2.24) is 9.97 Å². The number of aromatic nitrogens is 2. The van der Waals surface area contributed by atoms with Crippen molar-refractivity contribution in [2.75, 3.05) is 41.8 Å². The van der Waals surface area contributed by atoms with Gasteiger partial charge in [-0.05, 0) is 68.3 Å². The van der Waals surface area contributed by atoms with E-state index in [0.29, 0.717) is 24.6 Å². The second kappa shape index (κ2) is 9.14. The average Bonchev–Trinajstić information content (AvgIpc) is 2.77. The van der Waals surface area contributed by atoms with Crippen LogP contribution in [-0.4, -0.2) is 42.2 Å². The highest BCUT2D eigenvalue weighted by molar-refractivity contribution is 6.04. The van der Waals surface area contributed by atoms with E-state index in [4.69, 9.17) is 4.74 Å². The van der Waals surface area contributed by atoms with Crippen LogP contribution in [0, 0.1) is 20.8 Å². The summed E-state index contributed by atoms with van der Waals surface area (Å²) in [5, 5.41) is 6.27. The number of ether oxygens (including phenoxy) is 1. The van der Waals surface area contributed by atoms with E-state index in [1.807, 2.05) is 69.3 Å². The van der Waals surface area contributed by atoms with Gasteiger partial charge >= 0.3 is 0 Å². The summed E-state index contributed by atoms with van der Waals surface area (Å²) in [6.07, 6.45) is 0. The molecule has 3 aromatic rings. The van der Waals surface area contributed by atoms with Crippen molar-refractivity contribution in [1.29, 1.82) is 0 Å². The number of anilines is 4. The summed E-state index contributed by atoms with van der Waals surface area (Å²) < 4.78 is 5.42. The monoisotopic (exact) mass is 417 g/mol. The summed E-state index contributed by atoms with van der Waals surface area (Å²) >= 11 is 0. The van der Waals surface area contributed by atoms with Gasteiger partial charge in [0.25, 0.3) is 5.91 Å². The number of amides is 1. The Morgan fingerprint density at radius 3 is 2.32 bits per heavy atom. The van der Waals surface area contributed by atoms with Gasteiger partial charge in [0.1, 0.15) is 17.5 Å². The van der Waals surface area contributed by atoms with E-state index in [-0.39, 0.29) is 5.91 Å². The lowest BCUT2D eigenvalue weighted by atomic mass is 10.1. The summed E-state index contributed by atoms with van der Waals surface area (Å²) in [4.78, 5) is 23.8. The number of hydrogen-bond acceptors (Lipinski definition) is 6. The van der Waals surface area contributed by atoms with E-state index in [1.165, 1.54) is 5.56 Å². The second-order valence-electron chi connectivity index (χ2n) is 7.71. The molecule has 2 N–H and O–H groups in total. The average molecular weight is 418 g/mol. The van der Waals surface area contributed by atoms with E-state index >= 15 is 0 Å². The third-order valence-electron chi connectivity index (χ3n) is 5.34. The lowest BCUT2D eigenvalue weighted by Gasteiger charge is -2.28. The van der Waals surface area contributed by atoms with Crippen LogP contribution in [0.4, 0.5) is 23.0 Å². The lowest BCUT2D eigenvalue weighted by molar-refractivity contribution is 0.102. The largest absolute Gasteiger partial charge is 0.378 e. The minimum Gasteiger partial charge on any atom is -0.378 e. The van der Waals surface area contributed by atoms with Gasteiger partial charge in [0, 0.05) is 36.1 Å². The molecule has 160 valence electrons. The predicted octanol–water partition coefficient (Wildman–Crippen LogP) is 4.23. The third-order valence-corrected chi connectivity index (χ3v) is 5.34. The van der Waals surface area contributed by atoms with E-state index < -0.39 is 0 Å². The number of benzene rings is 2. The first-order valence-corrected chi connectivity index (χ1v) is 10.4. The topological polar surface area (TPSA) is 79.4 Å². The van der Waals surface area contributed by atoms with Crippen LogP contribution in [0.1, 0.15) is 27.3 Å². The molecule has 31 heavy (non-hydrogen) atoms. The molecule has 0 unspecified atom stereocenters. The van der Waals surface area contributed by atoms with E-state index in [2.05, 4.69) is 25.5 Å². The van der Waals surface area contributed by atoms with E-state index in [9.17, 15) is 4.79 Å². The Hall–Kier alpha value is -3.45.